The predicted octanol–water partition coefficient (Wildman–Crippen LogP) is 2.38. The molecule has 0 aliphatic carbocycles. The number of aromatic amines is 1. The first-order valence-electron chi connectivity index (χ1n) is 8.24. The summed E-state index contributed by atoms with van der Waals surface area (Å²) in [5.74, 6) is -0.780. The summed E-state index contributed by atoms with van der Waals surface area (Å²) in [6.07, 6.45) is 0. The Labute approximate surface area is 157 Å². The number of rotatable bonds is 4. The maximum Gasteiger partial charge on any atom is 0.282 e. The number of aliphatic hydroxyl groups is 1. The van der Waals surface area contributed by atoms with Crippen molar-refractivity contribution >= 4 is 34.0 Å². The number of hydrogen-bond acceptors (Lipinski definition) is 6. The Morgan fingerprint density at radius 2 is 1.96 bits per heavy atom. The lowest BCUT2D eigenvalue weighted by molar-refractivity contribution is -0.385. The van der Waals surface area contributed by atoms with Gasteiger partial charge >= 0.3 is 0 Å². The van der Waals surface area contributed by atoms with E-state index in [1.807, 2.05) is 18.2 Å². The number of nitro benzene ring substituents is 1. The van der Waals surface area contributed by atoms with E-state index in [1.165, 1.54) is 24.3 Å². The van der Waals surface area contributed by atoms with E-state index in [9.17, 15) is 20.0 Å². The van der Waals surface area contributed by atoms with Crippen LogP contribution in [-0.2, 0) is 0 Å². The topological polar surface area (TPSA) is 148 Å². The van der Waals surface area contributed by atoms with Crippen molar-refractivity contribution in [2.24, 2.45) is 0 Å². The molecule has 140 valence electrons. The molecule has 2 heterocycles. The number of nitro groups is 1. The van der Waals surface area contributed by atoms with Crippen LogP contribution in [-0.4, -0.2) is 43.3 Å². The first kappa shape index (κ1) is 17.2. The van der Waals surface area contributed by atoms with Crippen LogP contribution in [0.1, 0.15) is 16.2 Å². The molecular formula is C18H14N6O4. The summed E-state index contributed by atoms with van der Waals surface area (Å²) < 4.78 is 0. The van der Waals surface area contributed by atoms with Crippen LogP contribution in [0.4, 0.5) is 5.69 Å². The molecule has 2 aromatic carbocycles. The molecule has 0 saturated carbocycles. The number of carbonyl (C=O) groups excluding carboxylic acids is 1. The lowest BCUT2D eigenvalue weighted by atomic mass is 10.2. The summed E-state index contributed by atoms with van der Waals surface area (Å²) in [6.45, 7) is -0.155. The van der Waals surface area contributed by atoms with Gasteiger partial charge in [-0.05, 0) is 18.2 Å². The molecule has 1 aliphatic rings. The van der Waals surface area contributed by atoms with Gasteiger partial charge in [0.2, 0.25) is 0 Å². The maximum absolute atomic E-state index is 12.5. The molecule has 0 fully saturated rings. The van der Waals surface area contributed by atoms with Crippen molar-refractivity contribution < 1.29 is 14.8 Å². The highest BCUT2D eigenvalue weighted by molar-refractivity contribution is 6.23. The second kappa shape index (κ2) is 6.50. The molecule has 0 saturated heterocycles. The van der Waals surface area contributed by atoms with Crippen LogP contribution >= 0.6 is 0 Å². The molecule has 10 nitrogen and oxygen atoms in total. The number of para-hydroxylation sites is 3. The maximum atomic E-state index is 12.5. The highest BCUT2D eigenvalue weighted by Gasteiger charge is 2.32. The number of imidazole rings is 1. The fourth-order valence-electron chi connectivity index (χ4n) is 3.00. The minimum absolute atomic E-state index is 0.142. The third-order valence-electron chi connectivity index (χ3n) is 4.31. The zero-order chi connectivity index (χ0) is 19.8. The zero-order valence-corrected chi connectivity index (χ0v) is 14.3. The molecule has 28 heavy (non-hydrogen) atoms. The number of aromatic nitrogens is 2. The number of hydrazine groups is 1. The van der Waals surface area contributed by atoms with E-state index in [0.717, 1.165) is 10.5 Å². The SMILES string of the molecule is N=C1C(c2nc3ccccc3[nH]2)=C(O)CN1NC(=O)c1ccccc1[N+](=O)[O-]. The smallest absolute Gasteiger partial charge is 0.282 e. The monoisotopic (exact) mass is 378 g/mol. The lowest BCUT2D eigenvalue weighted by Gasteiger charge is -2.19. The van der Waals surface area contributed by atoms with Gasteiger partial charge in [0.25, 0.3) is 11.6 Å². The van der Waals surface area contributed by atoms with Crippen LogP contribution in [0.5, 0.6) is 0 Å². The summed E-state index contributed by atoms with van der Waals surface area (Å²) in [4.78, 5) is 30.3. The minimum atomic E-state index is -0.754. The number of hydrogen-bond donors (Lipinski definition) is 4. The zero-order valence-electron chi connectivity index (χ0n) is 14.3. The Morgan fingerprint density at radius 3 is 2.71 bits per heavy atom. The van der Waals surface area contributed by atoms with Crippen LogP contribution < -0.4 is 5.43 Å². The molecule has 1 amide bonds. The third kappa shape index (κ3) is 2.82. The summed E-state index contributed by atoms with van der Waals surface area (Å²) in [7, 11) is 0. The Hall–Kier alpha value is -4.21. The Bertz CT molecular complexity index is 1130. The van der Waals surface area contributed by atoms with Crippen LogP contribution in [0, 0.1) is 15.5 Å². The molecular weight excluding hydrogens is 364 g/mol. The van der Waals surface area contributed by atoms with Crippen molar-refractivity contribution in [2.45, 2.75) is 0 Å². The standard InChI is InChI=1S/C18H14N6O4/c19-16-15(17-20-11-6-2-3-7-12(11)21-17)14(25)9-23(16)22-18(26)10-5-1-4-8-13(10)24(27)28/h1-8,19,25H,9H2,(H,20,21)(H,22,26). The van der Waals surface area contributed by atoms with Gasteiger partial charge in [-0.1, -0.05) is 24.3 Å². The summed E-state index contributed by atoms with van der Waals surface area (Å²) in [5.41, 5.74) is 3.51. The van der Waals surface area contributed by atoms with Crippen molar-refractivity contribution in [3.8, 4) is 0 Å². The Morgan fingerprint density at radius 1 is 1.25 bits per heavy atom. The molecule has 0 atom stereocenters. The number of benzene rings is 2. The fraction of sp³-hybridized carbons (Fsp3) is 0.0556. The fourth-order valence-corrected chi connectivity index (χ4v) is 3.00. The van der Waals surface area contributed by atoms with Crippen molar-refractivity contribution in [2.75, 3.05) is 6.54 Å². The molecule has 0 unspecified atom stereocenters. The van der Waals surface area contributed by atoms with Gasteiger partial charge in [-0.15, -0.1) is 0 Å². The average Bonchev–Trinajstić information content (AvgIpc) is 3.21. The normalized spacial score (nSPS) is 14.0. The minimum Gasteiger partial charge on any atom is -0.509 e. The molecule has 3 aromatic rings. The Balaban J connectivity index is 1.58. The van der Waals surface area contributed by atoms with Gasteiger partial charge < -0.3 is 10.1 Å². The van der Waals surface area contributed by atoms with Gasteiger partial charge in [-0.25, -0.2) is 4.98 Å². The van der Waals surface area contributed by atoms with E-state index < -0.39 is 10.8 Å². The second-order valence-corrected chi connectivity index (χ2v) is 6.07. The summed E-state index contributed by atoms with van der Waals surface area (Å²) in [5, 5.41) is 30.8. The third-order valence-corrected chi connectivity index (χ3v) is 4.31. The van der Waals surface area contributed by atoms with Crippen LogP contribution in [0.3, 0.4) is 0 Å². The molecule has 1 aromatic heterocycles. The number of H-pyrrole nitrogens is 1. The van der Waals surface area contributed by atoms with Gasteiger partial charge in [0.1, 0.15) is 22.7 Å². The van der Waals surface area contributed by atoms with Crippen LogP contribution in [0.25, 0.3) is 16.6 Å². The van der Waals surface area contributed by atoms with Gasteiger partial charge in [-0.2, -0.15) is 0 Å². The number of nitrogens with one attached hydrogen (secondary N) is 3. The molecule has 0 spiro atoms. The average molecular weight is 378 g/mol. The van der Waals surface area contributed by atoms with Crippen molar-refractivity contribution in [3.05, 3.63) is 75.8 Å². The highest BCUT2D eigenvalue weighted by atomic mass is 16.6. The van der Waals surface area contributed by atoms with E-state index in [0.29, 0.717) is 11.3 Å². The quantitative estimate of drug-likeness (QED) is 0.405. The van der Waals surface area contributed by atoms with E-state index in [-0.39, 0.29) is 35.0 Å². The van der Waals surface area contributed by atoms with E-state index in [2.05, 4.69) is 15.4 Å². The molecule has 4 rings (SSSR count). The van der Waals surface area contributed by atoms with Crippen molar-refractivity contribution in [3.63, 3.8) is 0 Å². The highest BCUT2D eigenvalue weighted by Crippen LogP contribution is 2.26. The molecule has 0 bridgehead atoms. The van der Waals surface area contributed by atoms with Gasteiger partial charge in [-0.3, -0.25) is 30.8 Å². The molecule has 0 radical (unpaired) electrons. The Kier molecular flexibility index (Phi) is 4.00. The summed E-state index contributed by atoms with van der Waals surface area (Å²) >= 11 is 0. The predicted molar refractivity (Wildman–Crippen MR) is 101 cm³/mol. The van der Waals surface area contributed by atoms with Gasteiger partial charge in [0.05, 0.1) is 22.5 Å². The van der Waals surface area contributed by atoms with Gasteiger partial charge in [0.15, 0.2) is 5.84 Å². The lowest BCUT2D eigenvalue weighted by Crippen LogP contribution is -2.44. The van der Waals surface area contributed by atoms with Crippen LogP contribution in [0.2, 0.25) is 0 Å². The van der Waals surface area contributed by atoms with E-state index in [1.54, 1.807) is 6.07 Å². The molecule has 1 aliphatic heterocycles. The number of amides is 1. The summed E-state index contributed by atoms with van der Waals surface area (Å²) in [6, 6.07) is 12.8. The van der Waals surface area contributed by atoms with Crippen molar-refractivity contribution in [1.29, 1.82) is 5.41 Å². The van der Waals surface area contributed by atoms with Crippen molar-refractivity contribution in [1.82, 2.24) is 20.4 Å². The van der Waals surface area contributed by atoms with E-state index >= 15 is 0 Å². The second-order valence-electron chi connectivity index (χ2n) is 6.07. The number of carbonyl (C=O) groups is 1. The van der Waals surface area contributed by atoms with E-state index in [4.69, 9.17) is 5.41 Å². The molecule has 10 heteroatoms. The number of aliphatic hydroxyl groups excluding tert-OH is 1. The number of amidine groups is 1. The first-order chi connectivity index (χ1) is 13.5. The number of nitrogens with zero attached hydrogens (tertiary/aromatic N) is 3. The molecule has 4 N–H and O–H groups in total. The first-order valence-corrected chi connectivity index (χ1v) is 8.24. The number of fused-ring (bicyclic) bond motifs is 1. The van der Waals surface area contributed by atoms with Crippen LogP contribution in [0.15, 0.2) is 54.3 Å². The van der Waals surface area contributed by atoms with Gasteiger partial charge in [0, 0.05) is 6.07 Å². The largest absolute Gasteiger partial charge is 0.509 e.